The Hall–Kier alpha value is -2.95. The number of anilines is 2. The molecule has 10 heteroatoms. The summed E-state index contributed by atoms with van der Waals surface area (Å²) in [6, 6.07) is 16.3. The minimum absolute atomic E-state index is 0.117. The van der Waals surface area contributed by atoms with Crippen molar-refractivity contribution >= 4 is 45.0 Å². The van der Waals surface area contributed by atoms with Crippen molar-refractivity contribution in [2.24, 2.45) is 11.8 Å². The molecule has 3 aliphatic heterocycles. The minimum atomic E-state index is -1.13. The first-order chi connectivity index (χ1) is 19.3. The summed E-state index contributed by atoms with van der Waals surface area (Å²) in [6.07, 6.45) is 0.238. The van der Waals surface area contributed by atoms with Crippen LogP contribution in [0.25, 0.3) is 0 Å². The largest absolute Gasteiger partial charge is 0.396 e. The molecule has 0 radical (unpaired) electrons. The normalized spacial score (nSPS) is 28.4. The van der Waals surface area contributed by atoms with Gasteiger partial charge in [-0.25, -0.2) is 0 Å². The van der Waals surface area contributed by atoms with Crippen molar-refractivity contribution in [2.45, 2.75) is 55.8 Å². The van der Waals surface area contributed by atoms with Crippen LogP contribution in [0.1, 0.15) is 32.3 Å². The van der Waals surface area contributed by atoms with Crippen LogP contribution < -0.4 is 15.5 Å². The fourth-order valence-electron chi connectivity index (χ4n) is 6.67. The van der Waals surface area contributed by atoms with Crippen LogP contribution in [0.5, 0.6) is 0 Å². The van der Waals surface area contributed by atoms with Crippen molar-refractivity contribution in [3.8, 4) is 0 Å². The van der Waals surface area contributed by atoms with Crippen LogP contribution in [-0.2, 0) is 25.7 Å². The molecule has 3 unspecified atom stereocenters. The topological polar surface area (TPSA) is 111 Å². The zero-order valence-corrected chi connectivity index (χ0v) is 24.5. The lowest BCUT2D eigenvalue weighted by atomic mass is 9.70. The van der Waals surface area contributed by atoms with Crippen molar-refractivity contribution in [2.75, 3.05) is 36.5 Å². The summed E-state index contributed by atoms with van der Waals surface area (Å²) in [7, 11) is 0. The van der Waals surface area contributed by atoms with E-state index in [-0.39, 0.29) is 35.7 Å². The number of aliphatic hydroxyl groups excluding tert-OH is 1. The second kappa shape index (κ2) is 11.9. The Morgan fingerprint density at radius 2 is 1.80 bits per heavy atom. The number of aliphatic hydroxyl groups is 1. The molecule has 1 spiro atoms. The summed E-state index contributed by atoms with van der Waals surface area (Å²) in [4.78, 5) is 44.9. The van der Waals surface area contributed by atoms with Crippen LogP contribution in [-0.4, -0.2) is 76.5 Å². The molecule has 6 atom stereocenters. The second-order valence-electron chi connectivity index (χ2n) is 10.7. The molecule has 2 aromatic carbocycles. The molecular formula is C30H37BrN4O5. The number of fused-ring (bicyclic) bond motifs is 1. The standard InChI is InChI=1S/C30H37BrN4O5/c1-3-34(4-2)21-13-11-20(12-14-21)33-28(38)26-30-17-22(31)25(40-30)23(24(30)29(39)35(26)15-8-16-36)27(37)32-18-19-9-6-5-7-10-19/h5-7,9-14,22-26,36H,3-4,8,15-18H2,1-2H3,(H,32,37)(H,33,38)/t22?,23-,24+,25-,26?,30?/m1/s1. The maximum absolute atomic E-state index is 13.9. The number of nitrogens with one attached hydrogen (secondary N) is 2. The molecule has 2 bridgehead atoms. The number of nitrogens with zero attached hydrogens (tertiary/aromatic N) is 2. The summed E-state index contributed by atoms with van der Waals surface area (Å²) in [5.74, 6) is -2.38. The van der Waals surface area contributed by atoms with E-state index in [2.05, 4.69) is 45.3 Å². The van der Waals surface area contributed by atoms with Gasteiger partial charge < -0.3 is 30.3 Å². The average molecular weight is 614 g/mol. The fourth-order valence-corrected chi connectivity index (χ4v) is 7.61. The summed E-state index contributed by atoms with van der Waals surface area (Å²) in [5.41, 5.74) is 1.50. The number of hydrogen-bond acceptors (Lipinski definition) is 6. The van der Waals surface area contributed by atoms with Crippen molar-refractivity contribution in [3.05, 3.63) is 60.2 Å². The summed E-state index contributed by atoms with van der Waals surface area (Å²) in [6.45, 7) is 6.36. The lowest BCUT2D eigenvalue weighted by molar-refractivity contribution is -0.141. The highest BCUT2D eigenvalue weighted by atomic mass is 79.9. The van der Waals surface area contributed by atoms with Gasteiger partial charge in [0.1, 0.15) is 11.6 Å². The van der Waals surface area contributed by atoms with Gasteiger partial charge in [0.25, 0.3) is 0 Å². The highest BCUT2D eigenvalue weighted by molar-refractivity contribution is 9.09. The first-order valence-corrected chi connectivity index (χ1v) is 15.0. The van der Waals surface area contributed by atoms with Gasteiger partial charge in [-0.05, 0) is 56.5 Å². The van der Waals surface area contributed by atoms with Crippen LogP contribution in [0.3, 0.4) is 0 Å². The van der Waals surface area contributed by atoms with Gasteiger partial charge in [0.2, 0.25) is 17.7 Å². The number of carbonyl (C=O) groups is 3. The van der Waals surface area contributed by atoms with Gasteiger partial charge in [-0.15, -0.1) is 0 Å². The lowest BCUT2D eigenvalue weighted by Crippen LogP contribution is -2.54. The Morgan fingerprint density at radius 1 is 1.10 bits per heavy atom. The first kappa shape index (κ1) is 28.6. The fraction of sp³-hybridized carbons (Fsp3) is 0.500. The van der Waals surface area contributed by atoms with Crippen LogP contribution in [0.15, 0.2) is 54.6 Å². The summed E-state index contributed by atoms with van der Waals surface area (Å²) >= 11 is 3.69. The molecule has 40 heavy (non-hydrogen) atoms. The van der Waals surface area contributed by atoms with Gasteiger partial charge in [0.05, 0.1) is 17.9 Å². The molecule has 3 heterocycles. The van der Waals surface area contributed by atoms with Crippen molar-refractivity contribution < 1.29 is 24.2 Å². The molecule has 2 aromatic rings. The SMILES string of the molecule is CCN(CC)c1ccc(NC(=O)C2N(CCCO)C(=O)[C@@H]3[C@@H](C(=O)NCc4ccccc4)[C@@H]4OC23CC4Br)cc1. The molecule has 3 saturated heterocycles. The predicted octanol–water partition coefficient (Wildman–Crippen LogP) is 2.92. The van der Waals surface area contributed by atoms with E-state index in [4.69, 9.17) is 4.74 Å². The van der Waals surface area contributed by atoms with Crippen LogP contribution in [0.2, 0.25) is 0 Å². The Bertz CT molecular complexity index is 1220. The molecular weight excluding hydrogens is 576 g/mol. The van der Waals surface area contributed by atoms with E-state index in [0.717, 1.165) is 24.3 Å². The molecule has 3 amide bonds. The molecule has 214 valence electrons. The predicted molar refractivity (Wildman–Crippen MR) is 156 cm³/mol. The number of benzene rings is 2. The van der Waals surface area contributed by atoms with Gasteiger partial charge in [-0.1, -0.05) is 46.3 Å². The number of amides is 3. The third-order valence-electron chi connectivity index (χ3n) is 8.47. The number of ether oxygens (including phenoxy) is 1. The molecule has 0 saturated carbocycles. The van der Waals surface area contributed by atoms with E-state index < -0.39 is 29.6 Å². The van der Waals surface area contributed by atoms with E-state index in [1.54, 1.807) is 0 Å². The Labute approximate surface area is 243 Å². The van der Waals surface area contributed by atoms with Gasteiger partial charge in [-0.3, -0.25) is 14.4 Å². The van der Waals surface area contributed by atoms with Gasteiger partial charge in [-0.2, -0.15) is 0 Å². The average Bonchev–Trinajstić information content (AvgIpc) is 3.55. The van der Waals surface area contributed by atoms with Crippen molar-refractivity contribution in [3.63, 3.8) is 0 Å². The number of carbonyl (C=O) groups excluding carboxylic acids is 3. The van der Waals surface area contributed by atoms with Crippen LogP contribution >= 0.6 is 15.9 Å². The number of alkyl halides is 1. The molecule has 9 nitrogen and oxygen atoms in total. The monoisotopic (exact) mass is 612 g/mol. The Balaban J connectivity index is 1.40. The zero-order chi connectivity index (χ0) is 28.4. The molecule has 3 fully saturated rings. The summed E-state index contributed by atoms with van der Waals surface area (Å²) in [5, 5.41) is 15.5. The molecule has 5 rings (SSSR count). The smallest absolute Gasteiger partial charge is 0.250 e. The molecule has 3 aliphatic rings. The number of hydrogen-bond donors (Lipinski definition) is 3. The maximum atomic E-state index is 13.9. The number of likely N-dealkylation sites (tertiary alicyclic amines) is 1. The minimum Gasteiger partial charge on any atom is -0.396 e. The molecule has 3 N–H and O–H groups in total. The highest BCUT2D eigenvalue weighted by Crippen LogP contribution is 2.60. The van der Waals surface area contributed by atoms with E-state index >= 15 is 0 Å². The summed E-state index contributed by atoms with van der Waals surface area (Å²) < 4.78 is 6.51. The third-order valence-corrected chi connectivity index (χ3v) is 9.32. The maximum Gasteiger partial charge on any atom is 0.250 e. The third kappa shape index (κ3) is 5.01. The van der Waals surface area contributed by atoms with Gasteiger partial charge in [0, 0.05) is 49.0 Å². The Kier molecular flexibility index (Phi) is 8.49. The molecule has 0 aromatic heterocycles. The number of halogens is 1. The van der Waals surface area contributed by atoms with Gasteiger partial charge in [0.15, 0.2) is 0 Å². The highest BCUT2D eigenvalue weighted by Gasteiger charge is 2.76. The number of rotatable bonds is 11. The Morgan fingerprint density at radius 3 is 2.45 bits per heavy atom. The zero-order valence-electron chi connectivity index (χ0n) is 22.9. The van der Waals surface area contributed by atoms with Crippen molar-refractivity contribution in [1.29, 1.82) is 0 Å². The van der Waals surface area contributed by atoms with Crippen molar-refractivity contribution in [1.82, 2.24) is 10.2 Å². The van der Waals surface area contributed by atoms with Crippen LogP contribution in [0.4, 0.5) is 11.4 Å². The van der Waals surface area contributed by atoms with Crippen LogP contribution in [0, 0.1) is 11.8 Å². The van der Waals surface area contributed by atoms with E-state index in [0.29, 0.717) is 25.1 Å². The quantitative estimate of drug-likeness (QED) is 0.337. The van der Waals surface area contributed by atoms with Gasteiger partial charge >= 0.3 is 0 Å². The van der Waals surface area contributed by atoms with E-state index in [1.165, 1.54) is 4.90 Å². The second-order valence-corrected chi connectivity index (χ2v) is 11.9. The molecule has 0 aliphatic carbocycles. The first-order valence-electron chi connectivity index (χ1n) is 14.0. The van der Waals surface area contributed by atoms with E-state index in [9.17, 15) is 19.5 Å². The lowest BCUT2D eigenvalue weighted by Gasteiger charge is -2.34. The van der Waals surface area contributed by atoms with E-state index in [1.807, 2.05) is 54.6 Å².